The summed E-state index contributed by atoms with van der Waals surface area (Å²) in [6, 6.07) is 2.17. The minimum absolute atomic E-state index is 0.0115. The normalized spacial score (nSPS) is 13.0. The minimum Gasteiger partial charge on any atom is -0.466 e. The van der Waals surface area contributed by atoms with Crippen molar-refractivity contribution in [3.63, 3.8) is 0 Å². The van der Waals surface area contributed by atoms with Crippen LogP contribution in [0, 0.1) is 27.7 Å². The largest absolute Gasteiger partial charge is 0.466 e. The second-order valence-corrected chi connectivity index (χ2v) is 5.46. The number of hydrogen-bond donors (Lipinski definition) is 2. The number of thiophene rings is 1. The van der Waals surface area contributed by atoms with E-state index in [4.69, 9.17) is 10.3 Å². The molecule has 1 atom stereocenters. The summed E-state index contributed by atoms with van der Waals surface area (Å²) in [6.07, 6.45) is 0. The van der Waals surface area contributed by atoms with Crippen molar-refractivity contribution in [3.8, 4) is 0 Å². The Kier molecular flexibility index (Phi) is 3.38. The Morgan fingerprint density at radius 3 is 2.35 bits per heavy atom. The molecule has 4 heteroatoms. The van der Waals surface area contributed by atoms with E-state index in [1.165, 1.54) is 16.0 Å². The highest BCUT2D eigenvalue weighted by atomic mass is 32.1. The number of rotatable bonds is 3. The first-order valence-corrected chi connectivity index (χ1v) is 6.50. The Bertz CT molecular complexity index is 528. The average Bonchev–Trinajstić information content (AvgIpc) is 2.79. The van der Waals surface area contributed by atoms with Gasteiger partial charge in [-0.2, -0.15) is 0 Å². The van der Waals surface area contributed by atoms with Crippen LogP contribution in [0.5, 0.6) is 0 Å². The molecule has 0 aliphatic carbocycles. The predicted octanol–water partition coefficient (Wildman–Crippen LogP) is 3.13. The van der Waals surface area contributed by atoms with Crippen LogP contribution in [0.3, 0.4) is 0 Å². The second-order valence-electron chi connectivity index (χ2n) is 4.34. The lowest BCUT2D eigenvalue weighted by Gasteiger charge is -2.15. The summed E-state index contributed by atoms with van der Waals surface area (Å²) in [5.41, 5.74) is 6.42. The average molecular weight is 250 g/mol. The molecule has 2 heterocycles. The van der Waals surface area contributed by atoms with Gasteiger partial charge in [-0.1, -0.05) is 0 Å². The fourth-order valence-electron chi connectivity index (χ4n) is 2.20. The highest BCUT2D eigenvalue weighted by molar-refractivity contribution is 7.10. The standard InChI is InChI=1S/C13H18N2OS/c1-7-5-11(6-17-7)13(15-14)12-8(2)9(3)16-10(12)4/h5-6,13,15H,14H2,1-4H3. The van der Waals surface area contributed by atoms with Gasteiger partial charge in [-0.15, -0.1) is 11.3 Å². The van der Waals surface area contributed by atoms with E-state index in [0.29, 0.717) is 0 Å². The first-order valence-electron chi connectivity index (χ1n) is 5.62. The van der Waals surface area contributed by atoms with Gasteiger partial charge in [-0.25, -0.2) is 5.43 Å². The van der Waals surface area contributed by atoms with Crippen LogP contribution in [0.2, 0.25) is 0 Å². The molecule has 0 bridgehead atoms. The van der Waals surface area contributed by atoms with Crippen LogP contribution >= 0.6 is 11.3 Å². The maximum atomic E-state index is 5.71. The molecule has 3 N–H and O–H groups in total. The first kappa shape index (κ1) is 12.4. The van der Waals surface area contributed by atoms with Gasteiger partial charge in [0, 0.05) is 10.4 Å². The molecule has 0 fully saturated rings. The molecule has 0 saturated heterocycles. The van der Waals surface area contributed by atoms with Crippen molar-refractivity contribution in [2.24, 2.45) is 5.84 Å². The lowest BCUT2D eigenvalue weighted by molar-refractivity contribution is 0.494. The van der Waals surface area contributed by atoms with Crippen LogP contribution in [-0.2, 0) is 0 Å². The van der Waals surface area contributed by atoms with Crippen molar-refractivity contribution in [1.29, 1.82) is 0 Å². The van der Waals surface area contributed by atoms with Crippen LogP contribution in [-0.4, -0.2) is 0 Å². The molecular formula is C13H18N2OS. The molecule has 0 spiro atoms. The fraction of sp³-hybridized carbons (Fsp3) is 0.385. The van der Waals surface area contributed by atoms with Gasteiger partial charge in [0.1, 0.15) is 11.5 Å². The number of furan rings is 1. The maximum Gasteiger partial charge on any atom is 0.106 e. The van der Waals surface area contributed by atoms with Gasteiger partial charge >= 0.3 is 0 Å². The molecule has 17 heavy (non-hydrogen) atoms. The van der Waals surface area contributed by atoms with Gasteiger partial charge in [0.2, 0.25) is 0 Å². The predicted molar refractivity (Wildman–Crippen MR) is 71.1 cm³/mol. The molecule has 1 unspecified atom stereocenters. The van der Waals surface area contributed by atoms with Gasteiger partial charge in [0.05, 0.1) is 6.04 Å². The number of hydrazine groups is 1. The monoisotopic (exact) mass is 250 g/mol. The molecule has 0 saturated carbocycles. The molecule has 3 nitrogen and oxygen atoms in total. The molecular weight excluding hydrogens is 232 g/mol. The van der Waals surface area contributed by atoms with Crippen molar-refractivity contribution in [3.05, 3.63) is 44.5 Å². The minimum atomic E-state index is 0.0115. The summed E-state index contributed by atoms with van der Waals surface area (Å²) in [7, 11) is 0. The van der Waals surface area contributed by atoms with Crippen LogP contribution in [0.15, 0.2) is 15.9 Å². The Morgan fingerprint density at radius 2 is 1.94 bits per heavy atom. The molecule has 2 aromatic rings. The van der Waals surface area contributed by atoms with E-state index in [1.54, 1.807) is 11.3 Å². The zero-order chi connectivity index (χ0) is 12.6. The van der Waals surface area contributed by atoms with Crippen LogP contribution in [0.25, 0.3) is 0 Å². The fourth-order valence-corrected chi connectivity index (χ4v) is 2.93. The topological polar surface area (TPSA) is 51.2 Å². The van der Waals surface area contributed by atoms with Crippen molar-refractivity contribution < 1.29 is 4.42 Å². The van der Waals surface area contributed by atoms with E-state index in [-0.39, 0.29) is 6.04 Å². The zero-order valence-corrected chi connectivity index (χ0v) is 11.4. The van der Waals surface area contributed by atoms with E-state index < -0.39 is 0 Å². The molecule has 0 radical (unpaired) electrons. The van der Waals surface area contributed by atoms with Gasteiger partial charge < -0.3 is 4.42 Å². The third-order valence-corrected chi connectivity index (χ3v) is 4.04. The Morgan fingerprint density at radius 1 is 1.24 bits per heavy atom. The summed E-state index contributed by atoms with van der Waals surface area (Å²) in [5.74, 6) is 7.61. The Labute approximate surface area is 106 Å². The summed E-state index contributed by atoms with van der Waals surface area (Å²) in [4.78, 5) is 1.29. The van der Waals surface area contributed by atoms with E-state index >= 15 is 0 Å². The summed E-state index contributed by atoms with van der Waals surface area (Å²) < 4.78 is 5.66. The third kappa shape index (κ3) is 2.16. The second kappa shape index (κ2) is 4.64. The molecule has 0 aliphatic rings. The first-order chi connectivity index (χ1) is 8.04. The van der Waals surface area contributed by atoms with Crippen molar-refractivity contribution in [2.45, 2.75) is 33.7 Å². The number of hydrogen-bond acceptors (Lipinski definition) is 4. The molecule has 92 valence electrons. The SMILES string of the molecule is Cc1cc(C(NN)c2c(C)oc(C)c2C)cs1. The van der Waals surface area contributed by atoms with Crippen LogP contribution in [0.4, 0.5) is 0 Å². The quantitative estimate of drug-likeness (QED) is 0.650. The zero-order valence-electron chi connectivity index (χ0n) is 10.6. The molecule has 0 amide bonds. The smallest absolute Gasteiger partial charge is 0.106 e. The van der Waals surface area contributed by atoms with Gasteiger partial charge in [0.25, 0.3) is 0 Å². The Hall–Kier alpha value is -1.10. The van der Waals surface area contributed by atoms with Crippen molar-refractivity contribution in [1.82, 2.24) is 5.43 Å². The summed E-state index contributed by atoms with van der Waals surface area (Å²) >= 11 is 1.74. The van der Waals surface area contributed by atoms with E-state index in [9.17, 15) is 0 Å². The van der Waals surface area contributed by atoms with Crippen LogP contribution < -0.4 is 11.3 Å². The van der Waals surface area contributed by atoms with Crippen LogP contribution in [0.1, 0.15) is 39.1 Å². The van der Waals surface area contributed by atoms with Crippen molar-refractivity contribution in [2.75, 3.05) is 0 Å². The maximum absolute atomic E-state index is 5.71. The summed E-state index contributed by atoms with van der Waals surface area (Å²) in [5, 5.41) is 2.14. The van der Waals surface area contributed by atoms with E-state index in [0.717, 1.165) is 17.1 Å². The van der Waals surface area contributed by atoms with Gasteiger partial charge in [-0.3, -0.25) is 5.84 Å². The Balaban J connectivity index is 2.49. The number of aryl methyl sites for hydroxylation is 3. The van der Waals surface area contributed by atoms with E-state index in [2.05, 4.69) is 30.7 Å². The third-order valence-electron chi connectivity index (χ3n) is 3.16. The highest BCUT2D eigenvalue weighted by Gasteiger charge is 2.22. The lowest BCUT2D eigenvalue weighted by Crippen LogP contribution is -2.29. The lowest BCUT2D eigenvalue weighted by atomic mass is 9.98. The number of nitrogens with one attached hydrogen (secondary N) is 1. The van der Waals surface area contributed by atoms with Gasteiger partial charge in [0.15, 0.2) is 0 Å². The van der Waals surface area contributed by atoms with E-state index in [1.807, 2.05) is 13.8 Å². The molecule has 2 aromatic heterocycles. The van der Waals surface area contributed by atoms with Crippen molar-refractivity contribution >= 4 is 11.3 Å². The summed E-state index contributed by atoms with van der Waals surface area (Å²) in [6.45, 7) is 8.14. The molecule has 0 aliphatic heterocycles. The molecule has 2 rings (SSSR count). The number of nitrogens with two attached hydrogens (primary N) is 1. The molecule has 0 aromatic carbocycles. The van der Waals surface area contributed by atoms with Gasteiger partial charge in [-0.05, 0) is 50.3 Å². The highest BCUT2D eigenvalue weighted by Crippen LogP contribution is 2.32.